The van der Waals surface area contributed by atoms with Crippen LogP contribution in [-0.4, -0.2) is 18.5 Å². The highest BCUT2D eigenvalue weighted by molar-refractivity contribution is 4.81. The summed E-state index contributed by atoms with van der Waals surface area (Å²) in [6.07, 6.45) is -0.677. The van der Waals surface area contributed by atoms with E-state index in [1.54, 1.807) is 0 Å². The molecule has 2 atom stereocenters. The molecule has 0 aromatic heterocycles. The number of halogens is 2. The van der Waals surface area contributed by atoms with Crippen LogP contribution in [-0.2, 0) is 0 Å². The topological polar surface area (TPSA) is 12.0 Å². The second kappa shape index (κ2) is 2.60. The van der Waals surface area contributed by atoms with E-state index >= 15 is 0 Å². The van der Waals surface area contributed by atoms with Crippen LogP contribution in [0, 0.1) is 0 Å². The maximum Gasteiger partial charge on any atom is 0.253 e. The fourth-order valence-corrected chi connectivity index (χ4v) is 1.16. The molecule has 54 valence electrons. The first kappa shape index (κ1) is 6.93. The molecular formula is C6H11F2N. The zero-order chi connectivity index (χ0) is 6.85. The van der Waals surface area contributed by atoms with Gasteiger partial charge in [0.1, 0.15) is 0 Å². The number of hydrogen-bond donors (Lipinski definition) is 1. The van der Waals surface area contributed by atoms with Crippen LogP contribution in [0.5, 0.6) is 0 Å². The van der Waals surface area contributed by atoms with E-state index in [9.17, 15) is 8.78 Å². The van der Waals surface area contributed by atoms with Crippen molar-refractivity contribution in [3.8, 4) is 0 Å². The highest BCUT2D eigenvalue weighted by atomic mass is 19.3. The van der Waals surface area contributed by atoms with Gasteiger partial charge >= 0.3 is 0 Å². The third kappa shape index (κ3) is 1.61. The van der Waals surface area contributed by atoms with Crippen LogP contribution in [0.15, 0.2) is 0 Å². The Labute approximate surface area is 53.4 Å². The molecular weight excluding hydrogens is 124 g/mol. The molecule has 0 bridgehead atoms. The molecule has 1 N–H and O–H groups in total. The van der Waals surface area contributed by atoms with Gasteiger partial charge in [-0.2, -0.15) is 0 Å². The molecule has 1 nitrogen and oxygen atoms in total. The van der Waals surface area contributed by atoms with Crippen LogP contribution < -0.4 is 5.32 Å². The van der Waals surface area contributed by atoms with Gasteiger partial charge in [0.15, 0.2) is 0 Å². The predicted octanol–water partition coefficient (Wildman–Crippen LogP) is 1.39. The van der Waals surface area contributed by atoms with Crippen molar-refractivity contribution in [2.75, 3.05) is 0 Å². The highest BCUT2D eigenvalue weighted by Gasteiger charge is 2.27. The Hall–Kier alpha value is -0.180. The molecule has 1 rings (SSSR count). The number of hydrogen-bond acceptors (Lipinski definition) is 1. The minimum absolute atomic E-state index is 0.281. The van der Waals surface area contributed by atoms with Crippen molar-refractivity contribution >= 4 is 0 Å². The third-order valence-electron chi connectivity index (χ3n) is 1.71. The SMILES string of the molecule is CC1CCC(C(F)F)N1. The van der Waals surface area contributed by atoms with E-state index < -0.39 is 12.5 Å². The van der Waals surface area contributed by atoms with Gasteiger partial charge in [-0.05, 0) is 19.8 Å². The molecule has 0 aromatic rings. The summed E-state index contributed by atoms with van der Waals surface area (Å²) in [4.78, 5) is 0. The summed E-state index contributed by atoms with van der Waals surface area (Å²) in [6.45, 7) is 1.93. The van der Waals surface area contributed by atoms with Crippen LogP contribution >= 0.6 is 0 Å². The molecule has 1 aliphatic rings. The minimum atomic E-state index is -2.19. The maximum absolute atomic E-state index is 11.9. The van der Waals surface area contributed by atoms with Gasteiger partial charge in [-0.25, -0.2) is 8.78 Å². The van der Waals surface area contributed by atoms with Gasteiger partial charge in [-0.3, -0.25) is 0 Å². The molecule has 0 saturated carbocycles. The van der Waals surface area contributed by atoms with Crippen LogP contribution in [0.3, 0.4) is 0 Å². The van der Waals surface area contributed by atoms with Gasteiger partial charge in [-0.1, -0.05) is 0 Å². The first-order valence-electron chi connectivity index (χ1n) is 3.24. The van der Waals surface area contributed by atoms with Crippen molar-refractivity contribution < 1.29 is 8.78 Å². The van der Waals surface area contributed by atoms with Crippen molar-refractivity contribution in [3.63, 3.8) is 0 Å². The van der Waals surface area contributed by atoms with Gasteiger partial charge in [0.2, 0.25) is 0 Å². The van der Waals surface area contributed by atoms with E-state index in [1.165, 1.54) is 0 Å². The summed E-state index contributed by atoms with van der Waals surface area (Å²) in [7, 11) is 0. The Kier molecular flexibility index (Phi) is 2.01. The van der Waals surface area contributed by atoms with Crippen molar-refractivity contribution in [3.05, 3.63) is 0 Å². The highest BCUT2D eigenvalue weighted by Crippen LogP contribution is 2.16. The van der Waals surface area contributed by atoms with Crippen molar-refractivity contribution in [2.45, 2.75) is 38.3 Å². The van der Waals surface area contributed by atoms with E-state index in [0.717, 1.165) is 6.42 Å². The third-order valence-corrected chi connectivity index (χ3v) is 1.71. The van der Waals surface area contributed by atoms with Gasteiger partial charge in [0.25, 0.3) is 6.43 Å². The molecule has 2 unspecified atom stereocenters. The molecule has 0 aliphatic carbocycles. The molecule has 1 aliphatic heterocycles. The Morgan fingerprint density at radius 1 is 1.44 bits per heavy atom. The van der Waals surface area contributed by atoms with Gasteiger partial charge in [0.05, 0.1) is 6.04 Å². The fraction of sp³-hybridized carbons (Fsp3) is 1.00. The lowest BCUT2D eigenvalue weighted by Crippen LogP contribution is -2.32. The van der Waals surface area contributed by atoms with Gasteiger partial charge in [-0.15, -0.1) is 0 Å². The normalized spacial score (nSPS) is 36.0. The van der Waals surface area contributed by atoms with Crippen LogP contribution in [0.2, 0.25) is 0 Å². The van der Waals surface area contributed by atoms with Crippen LogP contribution in [0.4, 0.5) is 8.78 Å². The maximum atomic E-state index is 11.9. The number of rotatable bonds is 1. The molecule has 0 radical (unpaired) electrons. The average molecular weight is 135 g/mol. The lowest BCUT2D eigenvalue weighted by molar-refractivity contribution is 0.105. The predicted molar refractivity (Wildman–Crippen MR) is 31.6 cm³/mol. The second-order valence-corrected chi connectivity index (χ2v) is 2.59. The second-order valence-electron chi connectivity index (χ2n) is 2.59. The molecule has 0 spiro atoms. The van der Waals surface area contributed by atoms with E-state index in [0.29, 0.717) is 6.42 Å². The molecule has 1 fully saturated rings. The lowest BCUT2D eigenvalue weighted by atomic mass is 10.2. The van der Waals surface area contributed by atoms with Crippen LogP contribution in [0.1, 0.15) is 19.8 Å². The fourth-order valence-electron chi connectivity index (χ4n) is 1.16. The van der Waals surface area contributed by atoms with E-state index in [1.807, 2.05) is 6.92 Å². The molecule has 3 heteroatoms. The largest absolute Gasteiger partial charge is 0.306 e. The van der Waals surface area contributed by atoms with E-state index in [2.05, 4.69) is 5.32 Å². The van der Waals surface area contributed by atoms with E-state index in [-0.39, 0.29) is 6.04 Å². The first-order valence-corrected chi connectivity index (χ1v) is 3.24. The molecule has 9 heavy (non-hydrogen) atoms. The lowest BCUT2D eigenvalue weighted by Gasteiger charge is -2.08. The Bertz CT molecular complexity index is 95.1. The molecule has 1 heterocycles. The summed E-state index contributed by atoms with van der Waals surface area (Å²) in [5.41, 5.74) is 0. The summed E-state index contributed by atoms with van der Waals surface area (Å²) < 4.78 is 23.7. The smallest absolute Gasteiger partial charge is 0.253 e. The van der Waals surface area contributed by atoms with E-state index in [4.69, 9.17) is 0 Å². The van der Waals surface area contributed by atoms with Crippen molar-refractivity contribution in [2.24, 2.45) is 0 Å². The number of nitrogens with one attached hydrogen (secondary N) is 1. The molecule has 0 amide bonds. The quantitative estimate of drug-likeness (QED) is 0.573. The summed E-state index contributed by atoms with van der Waals surface area (Å²) >= 11 is 0. The monoisotopic (exact) mass is 135 g/mol. The Balaban J connectivity index is 2.30. The minimum Gasteiger partial charge on any atom is -0.306 e. The van der Waals surface area contributed by atoms with Gasteiger partial charge < -0.3 is 5.32 Å². The van der Waals surface area contributed by atoms with Crippen molar-refractivity contribution in [1.82, 2.24) is 5.32 Å². The summed E-state index contributed by atoms with van der Waals surface area (Å²) in [5, 5.41) is 2.80. The van der Waals surface area contributed by atoms with Crippen molar-refractivity contribution in [1.29, 1.82) is 0 Å². The molecule has 0 aromatic carbocycles. The Morgan fingerprint density at radius 3 is 2.33 bits per heavy atom. The zero-order valence-corrected chi connectivity index (χ0v) is 5.40. The number of alkyl halides is 2. The average Bonchev–Trinajstić information content (AvgIpc) is 2.14. The van der Waals surface area contributed by atoms with Crippen LogP contribution in [0.25, 0.3) is 0 Å². The summed E-state index contributed by atoms with van der Waals surface area (Å²) in [6, 6.07) is -0.260. The summed E-state index contributed by atoms with van der Waals surface area (Å²) in [5.74, 6) is 0. The standard InChI is InChI=1S/C6H11F2N/c1-4-2-3-5(9-4)6(7)8/h4-6,9H,2-3H2,1H3. The van der Waals surface area contributed by atoms with Gasteiger partial charge in [0, 0.05) is 6.04 Å². The molecule has 1 saturated heterocycles. The zero-order valence-electron chi connectivity index (χ0n) is 5.40. The first-order chi connectivity index (χ1) is 4.20. The Morgan fingerprint density at radius 2 is 2.11 bits per heavy atom.